The lowest BCUT2D eigenvalue weighted by molar-refractivity contribution is -0.138. The van der Waals surface area contributed by atoms with E-state index in [2.05, 4.69) is 30.9 Å². The number of hydrogen-bond acceptors (Lipinski definition) is 6. The van der Waals surface area contributed by atoms with Crippen molar-refractivity contribution in [2.75, 3.05) is 17.2 Å². The molecule has 2 amide bonds. The lowest BCUT2D eigenvalue weighted by Crippen LogP contribution is -2.26. The third kappa shape index (κ3) is 7.83. The Labute approximate surface area is 256 Å². The fraction of sp³-hybridized carbons (Fsp3) is 0.286. The number of carbonyl (C=O) groups excluding carboxylic acids is 2. The molecule has 0 spiro atoms. The van der Waals surface area contributed by atoms with Crippen LogP contribution in [0, 0.1) is 5.92 Å². The summed E-state index contributed by atoms with van der Waals surface area (Å²) in [5.74, 6) is -7.68. The maximum absolute atomic E-state index is 13.8. The zero-order chi connectivity index (χ0) is 34.3. The molecule has 1 fully saturated rings. The van der Waals surface area contributed by atoms with Gasteiger partial charge in [0, 0.05) is 18.7 Å². The van der Waals surface area contributed by atoms with Gasteiger partial charge in [0.25, 0.3) is 18.3 Å². The monoisotopic (exact) mass is 678 g/mol. The van der Waals surface area contributed by atoms with Crippen molar-refractivity contribution >= 4 is 40.3 Å². The number of alkyl halides is 10. The molecule has 1 aliphatic rings. The Morgan fingerprint density at radius 1 is 0.979 bits per heavy atom. The third-order valence-electron chi connectivity index (χ3n) is 6.75. The number of anilines is 3. The van der Waals surface area contributed by atoms with E-state index in [9.17, 15) is 53.5 Å². The van der Waals surface area contributed by atoms with E-state index in [1.807, 2.05) is 0 Å². The normalized spacial score (nSPS) is 15.9. The zero-order valence-corrected chi connectivity index (χ0v) is 23.3. The molecule has 9 nitrogen and oxygen atoms in total. The molecule has 0 radical (unpaired) electrons. The highest BCUT2D eigenvalue weighted by Crippen LogP contribution is 2.48. The van der Waals surface area contributed by atoms with Crippen LogP contribution in [0.25, 0.3) is 11.2 Å². The quantitative estimate of drug-likeness (QED) is 0.135. The number of nitrogens with zero attached hydrogens (tertiary/aromatic N) is 2. The molecule has 250 valence electrons. The van der Waals surface area contributed by atoms with Crippen LogP contribution in [0.15, 0.2) is 48.5 Å². The topological polar surface area (TPSA) is 121 Å². The number of benzene rings is 2. The van der Waals surface area contributed by atoms with Gasteiger partial charge in [0.05, 0.1) is 22.3 Å². The van der Waals surface area contributed by atoms with E-state index in [1.165, 1.54) is 0 Å². The van der Waals surface area contributed by atoms with Gasteiger partial charge in [-0.05, 0) is 48.0 Å². The van der Waals surface area contributed by atoms with Crippen LogP contribution in [0.5, 0.6) is 5.88 Å². The number of aromatic nitrogens is 3. The van der Waals surface area contributed by atoms with Crippen molar-refractivity contribution in [1.29, 1.82) is 0 Å². The Morgan fingerprint density at radius 3 is 2.26 bits per heavy atom. The lowest BCUT2D eigenvalue weighted by Gasteiger charge is -2.15. The van der Waals surface area contributed by atoms with Crippen molar-refractivity contribution in [3.05, 3.63) is 70.8 Å². The summed E-state index contributed by atoms with van der Waals surface area (Å²) in [5.41, 5.74) is -3.58. The van der Waals surface area contributed by atoms with E-state index in [0.717, 1.165) is 30.3 Å². The molecular weight excluding hydrogens is 658 g/mol. The summed E-state index contributed by atoms with van der Waals surface area (Å²) in [4.78, 5) is 35.4. The number of fused-ring (bicyclic) bond motifs is 1. The number of imidazole rings is 1. The molecule has 2 heterocycles. The Hall–Kier alpha value is -5.10. The minimum absolute atomic E-state index is 0.0863. The molecular formula is C28H20F10N6O3. The minimum atomic E-state index is -4.88. The standard InChI is InChI=1S/C28H20F10N6O3/c29-20(30)11-47-24-15(22(45)40-14-4-2-13(3-5-14)27(33,34)35)8-19-21(43-24)44-25(42-19)41-18-7-12(1-6-16(18)28(36,37)38)10-39-23(46)17-9-26(17,31)32/h1-8,17,20H,9-11H2,(H,39,46)(H,40,45)(H2,41,42,43,44). The second-order valence-corrected chi connectivity index (χ2v) is 10.3. The Bertz CT molecular complexity index is 1810. The number of pyridine rings is 1. The number of ether oxygens (including phenoxy) is 1. The molecule has 0 aliphatic heterocycles. The number of aromatic amines is 1. The number of halogens is 10. The molecule has 0 saturated heterocycles. The molecule has 2 aromatic carbocycles. The van der Waals surface area contributed by atoms with Crippen LogP contribution < -0.4 is 20.7 Å². The Morgan fingerprint density at radius 2 is 1.66 bits per heavy atom. The first-order valence-corrected chi connectivity index (χ1v) is 13.3. The van der Waals surface area contributed by atoms with Gasteiger partial charge in [0.2, 0.25) is 17.7 Å². The maximum Gasteiger partial charge on any atom is 0.418 e. The van der Waals surface area contributed by atoms with E-state index < -0.39 is 83.7 Å². The average Bonchev–Trinajstić information content (AvgIpc) is 3.44. The maximum atomic E-state index is 13.8. The molecule has 4 N–H and O–H groups in total. The van der Waals surface area contributed by atoms with Gasteiger partial charge in [0.15, 0.2) is 12.3 Å². The van der Waals surface area contributed by atoms with Gasteiger partial charge in [-0.15, -0.1) is 0 Å². The highest BCUT2D eigenvalue weighted by atomic mass is 19.4. The van der Waals surface area contributed by atoms with Crippen LogP contribution >= 0.6 is 0 Å². The van der Waals surface area contributed by atoms with Crippen LogP contribution in [0.1, 0.15) is 33.5 Å². The summed E-state index contributed by atoms with van der Waals surface area (Å²) < 4.78 is 137. The summed E-state index contributed by atoms with van der Waals surface area (Å²) in [7, 11) is 0. The van der Waals surface area contributed by atoms with E-state index in [-0.39, 0.29) is 34.9 Å². The molecule has 2 aromatic heterocycles. The minimum Gasteiger partial charge on any atom is -0.471 e. The fourth-order valence-corrected chi connectivity index (χ4v) is 4.33. The number of carbonyl (C=O) groups is 2. The first-order chi connectivity index (χ1) is 21.9. The summed E-state index contributed by atoms with van der Waals surface area (Å²) in [6.45, 7) is -1.59. The van der Waals surface area contributed by atoms with Crippen molar-refractivity contribution in [2.45, 2.75) is 37.7 Å². The van der Waals surface area contributed by atoms with Crippen molar-refractivity contribution in [1.82, 2.24) is 20.3 Å². The van der Waals surface area contributed by atoms with Gasteiger partial charge in [-0.2, -0.15) is 36.3 Å². The Balaban J connectivity index is 1.41. The predicted octanol–water partition coefficient (Wildman–Crippen LogP) is 6.91. The zero-order valence-electron chi connectivity index (χ0n) is 23.3. The molecule has 1 aliphatic carbocycles. The molecule has 4 aromatic rings. The highest BCUT2D eigenvalue weighted by molar-refractivity contribution is 6.07. The van der Waals surface area contributed by atoms with Crippen LogP contribution in [0.2, 0.25) is 0 Å². The summed E-state index contributed by atoms with van der Waals surface area (Å²) in [6.07, 6.45) is -13.2. The number of amides is 2. The Kier molecular flexibility index (Phi) is 8.67. The molecule has 1 unspecified atom stereocenters. The van der Waals surface area contributed by atoms with Crippen molar-refractivity contribution in [3.8, 4) is 5.88 Å². The number of H-pyrrole nitrogens is 1. The van der Waals surface area contributed by atoms with E-state index in [1.54, 1.807) is 0 Å². The van der Waals surface area contributed by atoms with E-state index >= 15 is 0 Å². The lowest BCUT2D eigenvalue weighted by atomic mass is 10.1. The van der Waals surface area contributed by atoms with Gasteiger partial charge in [-0.1, -0.05) is 6.07 Å². The van der Waals surface area contributed by atoms with Gasteiger partial charge >= 0.3 is 12.4 Å². The molecule has 19 heteroatoms. The fourth-order valence-electron chi connectivity index (χ4n) is 4.33. The van der Waals surface area contributed by atoms with Gasteiger partial charge in [-0.3, -0.25) is 9.59 Å². The highest BCUT2D eigenvalue weighted by Gasteiger charge is 2.61. The second kappa shape index (κ2) is 12.3. The summed E-state index contributed by atoms with van der Waals surface area (Å²) >= 11 is 0. The van der Waals surface area contributed by atoms with Crippen molar-refractivity contribution in [2.24, 2.45) is 5.92 Å². The van der Waals surface area contributed by atoms with E-state index in [0.29, 0.717) is 18.2 Å². The smallest absolute Gasteiger partial charge is 0.418 e. The number of nitrogens with one attached hydrogen (secondary N) is 4. The van der Waals surface area contributed by atoms with E-state index in [4.69, 9.17) is 4.74 Å². The van der Waals surface area contributed by atoms with Gasteiger partial charge < -0.3 is 25.7 Å². The largest absolute Gasteiger partial charge is 0.471 e. The number of rotatable bonds is 10. The van der Waals surface area contributed by atoms with Crippen LogP contribution in [-0.4, -0.2) is 45.7 Å². The van der Waals surface area contributed by atoms with Crippen LogP contribution in [0.4, 0.5) is 61.2 Å². The first-order valence-electron chi connectivity index (χ1n) is 13.3. The van der Waals surface area contributed by atoms with Crippen LogP contribution in [0.3, 0.4) is 0 Å². The SMILES string of the molecule is O=C(Nc1ccc(C(F)(F)F)cc1)c1cc2[nH]c(Nc3cc(CNC(=O)C4CC4(F)F)ccc3C(F)(F)F)nc2nc1OCC(F)F. The summed E-state index contributed by atoms with van der Waals surface area (Å²) in [5, 5.41) is 6.93. The molecule has 0 bridgehead atoms. The van der Waals surface area contributed by atoms with Gasteiger partial charge in [0.1, 0.15) is 11.5 Å². The van der Waals surface area contributed by atoms with Crippen LogP contribution in [-0.2, 0) is 23.7 Å². The predicted molar refractivity (Wildman–Crippen MR) is 144 cm³/mol. The first kappa shape index (κ1) is 33.3. The molecule has 47 heavy (non-hydrogen) atoms. The van der Waals surface area contributed by atoms with Crippen molar-refractivity contribution in [3.63, 3.8) is 0 Å². The third-order valence-corrected chi connectivity index (χ3v) is 6.75. The van der Waals surface area contributed by atoms with Crippen molar-refractivity contribution < 1.29 is 58.2 Å². The molecule has 5 rings (SSSR count). The molecule has 1 atom stereocenters. The number of hydrogen-bond donors (Lipinski definition) is 4. The second-order valence-electron chi connectivity index (χ2n) is 10.3. The average molecular weight is 678 g/mol. The summed E-state index contributed by atoms with van der Waals surface area (Å²) in [6, 6.07) is 7.04. The van der Waals surface area contributed by atoms with Gasteiger partial charge in [-0.25, -0.2) is 17.6 Å². The molecule has 1 saturated carbocycles.